The van der Waals surface area contributed by atoms with Crippen molar-refractivity contribution in [1.29, 1.82) is 0 Å². The van der Waals surface area contributed by atoms with E-state index in [1.54, 1.807) is 6.07 Å². The molecule has 0 radical (unpaired) electrons. The Labute approximate surface area is 122 Å². The van der Waals surface area contributed by atoms with Crippen LogP contribution in [-0.4, -0.2) is 24.5 Å². The first-order chi connectivity index (χ1) is 10.3. The molecule has 0 unspecified atom stereocenters. The lowest BCUT2D eigenvalue weighted by molar-refractivity contribution is 0.0759. The highest BCUT2D eigenvalue weighted by Gasteiger charge is 2.53. The van der Waals surface area contributed by atoms with Crippen molar-refractivity contribution >= 4 is 5.78 Å². The Kier molecular flexibility index (Phi) is 2.64. The minimum absolute atomic E-state index is 0.0134. The summed E-state index contributed by atoms with van der Waals surface area (Å²) in [5.41, 5.74) is 0.778. The number of fused-ring (bicyclic) bond motifs is 1. The predicted molar refractivity (Wildman–Crippen MR) is 77.9 cm³/mol. The number of azo groups is 1. The SMILES string of the molecule is O=C1c2ccccc2OC[C@]12N=NC[C@@H]2c1ccccc1. The summed E-state index contributed by atoms with van der Waals surface area (Å²) in [5, 5.41) is 8.48. The van der Waals surface area contributed by atoms with E-state index in [-0.39, 0.29) is 18.3 Å². The van der Waals surface area contributed by atoms with Crippen LogP contribution in [-0.2, 0) is 0 Å². The van der Waals surface area contributed by atoms with Crippen molar-refractivity contribution in [2.45, 2.75) is 11.5 Å². The van der Waals surface area contributed by atoms with Crippen LogP contribution in [0.3, 0.4) is 0 Å². The molecule has 2 aliphatic heterocycles. The molecule has 2 aromatic carbocycles. The van der Waals surface area contributed by atoms with E-state index in [0.717, 1.165) is 5.56 Å². The van der Waals surface area contributed by atoms with Gasteiger partial charge >= 0.3 is 0 Å². The Morgan fingerprint density at radius 1 is 1.05 bits per heavy atom. The Bertz CT molecular complexity index is 727. The van der Waals surface area contributed by atoms with Gasteiger partial charge in [-0.3, -0.25) is 4.79 Å². The molecule has 0 N–H and O–H groups in total. The number of benzene rings is 2. The number of carbonyl (C=O) groups is 1. The Morgan fingerprint density at radius 3 is 2.67 bits per heavy atom. The number of rotatable bonds is 1. The summed E-state index contributed by atoms with van der Waals surface area (Å²) < 4.78 is 5.81. The van der Waals surface area contributed by atoms with E-state index >= 15 is 0 Å². The smallest absolute Gasteiger partial charge is 0.200 e. The number of carbonyl (C=O) groups excluding carboxylic acids is 1. The molecule has 104 valence electrons. The lowest BCUT2D eigenvalue weighted by atomic mass is 9.75. The Morgan fingerprint density at radius 2 is 1.81 bits per heavy atom. The van der Waals surface area contributed by atoms with Crippen LogP contribution < -0.4 is 4.74 Å². The maximum atomic E-state index is 13.0. The van der Waals surface area contributed by atoms with Crippen molar-refractivity contribution < 1.29 is 9.53 Å². The lowest BCUT2D eigenvalue weighted by Gasteiger charge is -2.34. The fourth-order valence-electron chi connectivity index (χ4n) is 3.14. The first-order valence-electron chi connectivity index (χ1n) is 7.01. The van der Waals surface area contributed by atoms with Crippen LogP contribution in [0.1, 0.15) is 21.8 Å². The highest BCUT2D eigenvalue weighted by atomic mass is 16.5. The molecule has 21 heavy (non-hydrogen) atoms. The molecule has 0 aliphatic carbocycles. The summed E-state index contributed by atoms with van der Waals surface area (Å²) in [4.78, 5) is 13.0. The molecule has 2 atom stereocenters. The molecule has 0 aromatic heterocycles. The van der Waals surface area contributed by atoms with E-state index in [2.05, 4.69) is 10.2 Å². The van der Waals surface area contributed by atoms with E-state index < -0.39 is 5.54 Å². The fourth-order valence-corrected chi connectivity index (χ4v) is 3.14. The second-order valence-electron chi connectivity index (χ2n) is 5.43. The summed E-state index contributed by atoms with van der Waals surface area (Å²) in [7, 11) is 0. The lowest BCUT2D eigenvalue weighted by Crippen LogP contribution is -2.49. The van der Waals surface area contributed by atoms with Gasteiger partial charge in [0.1, 0.15) is 12.4 Å². The van der Waals surface area contributed by atoms with Gasteiger partial charge < -0.3 is 4.74 Å². The molecular weight excluding hydrogens is 264 g/mol. The number of nitrogens with zero attached hydrogens (tertiary/aromatic N) is 2. The molecule has 0 bridgehead atoms. The number of ketones is 1. The molecule has 4 nitrogen and oxygen atoms in total. The quantitative estimate of drug-likeness (QED) is 0.804. The topological polar surface area (TPSA) is 51.0 Å². The number of hydrogen-bond donors (Lipinski definition) is 0. The molecule has 0 amide bonds. The number of ether oxygens (including phenoxy) is 1. The Hall–Kier alpha value is -2.49. The zero-order valence-corrected chi connectivity index (χ0v) is 11.4. The van der Waals surface area contributed by atoms with Crippen molar-refractivity contribution in [3.63, 3.8) is 0 Å². The van der Waals surface area contributed by atoms with E-state index in [1.165, 1.54) is 0 Å². The molecule has 0 fully saturated rings. The predicted octanol–water partition coefficient (Wildman–Crippen LogP) is 3.25. The third kappa shape index (κ3) is 1.72. The molecule has 2 aliphatic rings. The molecule has 4 rings (SSSR count). The van der Waals surface area contributed by atoms with Crippen molar-refractivity contribution in [2.24, 2.45) is 10.2 Å². The molecule has 1 spiro atoms. The van der Waals surface area contributed by atoms with E-state index in [9.17, 15) is 4.79 Å². The monoisotopic (exact) mass is 278 g/mol. The highest BCUT2D eigenvalue weighted by Crippen LogP contribution is 2.43. The minimum atomic E-state index is -0.907. The molecule has 2 heterocycles. The average Bonchev–Trinajstić information content (AvgIpc) is 2.97. The number of para-hydroxylation sites is 1. The van der Waals surface area contributed by atoms with Crippen LogP contribution in [0, 0.1) is 0 Å². The summed E-state index contributed by atoms with van der Waals surface area (Å²) in [6.45, 7) is 0.785. The van der Waals surface area contributed by atoms with Gasteiger partial charge in [-0.1, -0.05) is 42.5 Å². The Balaban J connectivity index is 1.81. The fraction of sp³-hybridized carbons (Fsp3) is 0.235. The van der Waals surface area contributed by atoms with Crippen LogP contribution in [0.25, 0.3) is 0 Å². The van der Waals surface area contributed by atoms with Crippen LogP contribution >= 0.6 is 0 Å². The van der Waals surface area contributed by atoms with Gasteiger partial charge in [-0.25, -0.2) is 0 Å². The van der Waals surface area contributed by atoms with E-state index in [1.807, 2.05) is 48.5 Å². The van der Waals surface area contributed by atoms with Gasteiger partial charge in [-0.15, -0.1) is 0 Å². The third-order valence-electron chi connectivity index (χ3n) is 4.26. The summed E-state index contributed by atoms with van der Waals surface area (Å²) in [5.74, 6) is 0.598. The first-order valence-corrected chi connectivity index (χ1v) is 7.01. The van der Waals surface area contributed by atoms with Crippen molar-refractivity contribution in [2.75, 3.05) is 13.2 Å². The maximum absolute atomic E-state index is 13.0. The van der Waals surface area contributed by atoms with Crippen molar-refractivity contribution in [1.82, 2.24) is 0 Å². The van der Waals surface area contributed by atoms with Gasteiger partial charge in [0.2, 0.25) is 0 Å². The molecule has 0 saturated carbocycles. The van der Waals surface area contributed by atoms with Gasteiger partial charge in [-0.05, 0) is 17.7 Å². The summed E-state index contributed by atoms with van der Waals surface area (Å²) in [6.07, 6.45) is 0. The standard InChI is InChI=1S/C17H14N2O2/c20-16-13-8-4-5-9-15(13)21-11-17(16)14(10-18-19-17)12-6-2-1-3-7-12/h1-9,14H,10-11H2/t14-,17-/m1/s1. The maximum Gasteiger partial charge on any atom is 0.200 e. The van der Waals surface area contributed by atoms with Crippen molar-refractivity contribution in [3.8, 4) is 5.75 Å². The number of hydrogen-bond acceptors (Lipinski definition) is 4. The van der Waals surface area contributed by atoms with Gasteiger partial charge in [-0.2, -0.15) is 10.2 Å². The molecule has 4 heteroatoms. The van der Waals surface area contributed by atoms with Crippen LogP contribution in [0.15, 0.2) is 64.8 Å². The molecule has 0 saturated heterocycles. The van der Waals surface area contributed by atoms with Gasteiger partial charge in [0.25, 0.3) is 0 Å². The first kappa shape index (κ1) is 12.3. The summed E-state index contributed by atoms with van der Waals surface area (Å²) >= 11 is 0. The van der Waals surface area contributed by atoms with Gasteiger partial charge in [0.05, 0.1) is 12.1 Å². The summed E-state index contributed by atoms with van der Waals surface area (Å²) in [6, 6.07) is 17.3. The van der Waals surface area contributed by atoms with E-state index in [4.69, 9.17) is 4.74 Å². The van der Waals surface area contributed by atoms with Gasteiger partial charge in [0, 0.05) is 5.92 Å². The second kappa shape index (κ2) is 4.52. The molecule has 2 aromatic rings. The van der Waals surface area contributed by atoms with E-state index in [0.29, 0.717) is 17.9 Å². The van der Waals surface area contributed by atoms with Crippen molar-refractivity contribution in [3.05, 3.63) is 65.7 Å². The normalized spacial score (nSPS) is 26.7. The second-order valence-corrected chi connectivity index (χ2v) is 5.43. The third-order valence-corrected chi connectivity index (χ3v) is 4.26. The zero-order chi connectivity index (χ0) is 14.3. The zero-order valence-electron chi connectivity index (χ0n) is 11.4. The highest BCUT2D eigenvalue weighted by molar-refractivity contribution is 6.07. The van der Waals surface area contributed by atoms with Crippen LogP contribution in [0.2, 0.25) is 0 Å². The average molecular weight is 278 g/mol. The van der Waals surface area contributed by atoms with Crippen LogP contribution in [0.4, 0.5) is 0 Å². The van der Waals surface area contributed by atoms with Gasteiger partial charge in [0.15, 0.2) is 11.3 Å². The van der Waals surface area contributed by atoms with Crippen LogP contribution in [0.5, 0.6) is 5.75 Å². The largest absolute Gasteiger partial charge is 0.490 e. The minimum Gasteiger partial charge on any atom is -0.490 e. The number of Topliss-reactive ketones (excluding diaryl/α,β-unsaturated/α-hetero) is 1. The molecular formula is C17H14N2O2.